The molecule has 16 nitrogen and oxygen atoms in total. The Kier molecular flexibility index (Phi) is 11.8. The predicted octanol–water partition coefficient (Wildman–Crippen LogP) is -4.10. The number of aliphatic hydroxyl groups is 9. The SMILES string of the molecule is C[C@@H]1O[C@@H](O[C@@H]2[C@@H](O)[C@H](OC/C=C/c3ccc(O)cc3)O[C@H](CO)[C@H]2O)[C@H](O)[C@H](O)[C@H]1O[C@@H]1O[C@H](CO)[C@@H](O)[C@H](O)[C@H]1O. The lowest BCUT2D eigenvalue weighted by Crippen LogP contribution is -2.66. The fourth-order valence-corrected chi connectivity index (χ4v) is 5.07. The topological polar surface area (TPSA) is 258 Å². The van der Waals surface area contributed by atoms with Gasteiger partial charge in [0.1, 0.15) is 72.9 Å². The molecule has 4 rings (SSSR count). The fraction of sp³-hybridized carbons (Fsp3) is 0.704. The molecule has 16 heteroatoms. The van der Waals surface area contributed by atoms with Gasteiger partial charge in [-0.1, -0.05) is 24.3 Å². The van der Waals surface area contributed by atoms with Crippen molar-refractivity contribution in [3.8, 4) is 5.75 Å². The van der Waals surface area contributed by atoms with Crippen molar-refractivity contribution in [2.24, 2.45) is 0 Å². The molecule has 0 amide bonds. The predicted molar refractivity (Wildman–Crippen MR) is 141 cm³/mol. The van der Waals surface area contributed by atoms with Crippen LogP contribution in [0.1, 0.15) is 12.5 Å². The summed E-state index contributed by atoms with van der Waals surface area (Å²) in [6.45, 7) is 0.00435. The fourth-order valence-electron chi connectivity index (χ4n) is 5.07. The van der Waals surface area contributed by atoms with Gasteiger partial charge in [-0.2, -0.15) is 0 Å². The van der Waals surface area contributed by atoms with Crippen LogP contribution in [0, 0.1) is 0 Å². The third-order valence-electron chi connectivity index (χ3n) is 7.59. The molecule has 0 saturated carbocycles. The lowest BCUT2D eigenvalue weighted by atomic mass is 9.96. The largest absolute Gasteiger partial charge is 0.508 e. The number of phenols is 1. The number of aliphatic hydroxyl groups excluding tert-OH is 9. The molecule has 3 heterocycles. The first kappa shape index (κ1) is 34.0. The molecule has 3 aliphatic rings. The van der Waals surface area contributed by atoms with Crippen molar-refractivity contribution in [3.05, 3.63) is 35.9 Å². The van der Waals surface area contributed by atoms with Crippen LogP contribution in [0.5, 0.6) is 5.75 Å². The van der Waals surface area contributed by atoms with E-state index in [9.17, 15) is 51.1 Å². The van der Waals surface area contributed by atoms with Crippen LogP contribution in [0.15, 0.2) is 30.3 Å². The molecule has 0 aromatic heterocycles. The van der Waals surface area contributed by atoms with Gasteiger partial charge in [0.05, 0.1) is 25.9 Å². The quantitative estimate of drug-likeness (QED) is 0.119. The van der Waals surface area contributed by atoms with E-state index in [4.69, 9.17) is 28.4 Å². The maximum absolute atomic E-state index is 10.9. The zero-order valence-corrected chi connectivity index (χ0v) is 23.2. The normalized spacial score (nSPS) is 44.1. The first-order valence-corrected chi connectivity index (χ1v) is 13.8. The van der Waals surface area contributed by atoms with E-state index in [2.05, 4.69) is 0 Å². The van der Waals surface area contributed by atoms with Crippen LogP contribution in [0.2, 0.25) is 0 Å². The van der Waals surface area contributed by atoms with E-state index < -0.39 is 105 Å². The van der Waals surface area contributed by atoms with Gasteiger partial charge in [-0.15, -0.1) is 0 Å². The standard InChI is InChI=1S/C27H40O16/c1-11-23(42-27-20(35)18(33)16(31)14(9-28)41-27)19(34)21(36)26(39-11)43-24-17(32)15(10-29)40-25(22(24)37)38-8-2-3-12-4-6-13(30)7-5-12/h2-7,11,14-37H,8-10H2,1H3/b3-2+/t11-,14+,15+,16+,17+,18-,19-,20+,21+,22+,23-,24-,25+,26-,27-/m0/s1. The van der Waals surface area contributed by atoms with E-state index in [-0.39, 0.29) is 12.4 Å². The van der Waals surface area contributed by atoms with E-state index in [1.54, 1.807) is 24.3 Å². The maximum Gasteiger partial charge on any atom is 0.187 e. The molecular formula is C27H40O16. The van der Waals surface area contributed by atoms with E-state index >= 15 is 0 Å². The maximum atomic E-state index is 10.9. The lowest BCUT2D eigenvalue weighted by molar-refractivity contribution is -0.376. The Hall–Kier alpha value is -1.84. The summed E-state index contributed by atoms with van der Waals surface area (Å²) >= 11 is 0. The highest BCUT2D eigenvalue weighted by Crippen LogP contribution is 2.32. The average Bonchev–Trinajstić information content (AvgIpc) is 2.99. The van der Waals surface area contributed by atoms with Gasteiger partial charge in [0, 0.05) is 0 Å². The minimum absolute atomic E-state index is 0.0567. The second-order valence-electron chi connectivity index (χ2n) is 10.6. The van der Waals surface area contributed by atoms with Crippen molar-refractivity contribution < 1.29 is 79.5 Å². The zero-order chi connectivity index (χ0) is 31.4. The monoisotopic (exact) mass is 620 g/mol. The summed E-state index contributed by atoms with van der Waals surface area (Å²) in [5.41, 5.74) is 0.765. The molecule has 1 aromatic carbocycles. The summed E-state index contributed by atoms with van der Waals surface area (Å²) in [7, 11) is 0. The summed E-state index contributed by atoms with van der Waals surface area (Å²) in [5, 5.41) is 102. The zero-order valence-electron chi connectivity index (χ0n) is 23.2. The van der Waals surface area contributed by atoms with Gasteiger partial charge in [-0.3, -0.25) is 0 Å². The number of ether oxygens (including phenoxy) is 6. The number of hydrogen-bond donors (Lipinski definition) is 10. The number of phenolic OH excluding ortho intramolecular Hbond substituents is 1. The summed E-state index contributed by atoms with van der Waals surface area (Å²) in [4.78, 5) is 0. The Labute approximate surface area is 246 Å². The minimum Gasteiger partial charge on any atom is -0.508 e. The summed E-state index contributed by atoms with van der Waals surface area (Å²) < 4.78 is 33.3. The first-order chi connectivity index (χ1) is 20.5. The second kappa shape index (κ2) is 15.0. The highest BCUT2D eigenvalue weighted by Gasteiger charge is 2.52. The van der Waals surface area contributed by atoms with Crippen LogP contribution in [0.3, 0.4) is 0 Å². The molecule has 10 N–H and O–H groups in total. The van der Waals surface area contributed by atoms with Crippen LogP contribution in [-0.4, -0.2) is 163 Å². The second-order valence-corrected chi connectivity index (χ2v) is 10.6. The van der Waals surface area contributed by atoms with Gasteiger partial charge in [-0.25, -0.2) is 0 Å². The first-order valence-electron chi connectivity index (χ1n) is 13.8. The van der Waals surface area contributed by atoms with E-state index in [1.165, 1.54) is 19.1 Å². The molecule has 0 spiro atoms. The Morgan fingerprint density at radius 2 is 1.21 bits per heavy atom. The number of aromatic hydroxyl groups is 1. The molecule has 0 aliphatic carbocycles. The molecule has 1 aromatic rings. The van der Waals surface area contributed by atoms with Gasteiger partial charge in [0.2, 0.25) is 0 Å². The van der Waals surface area contributed by atoms with E-state index in [1.807, 2.05) is 0 Å². The van der Waals surface area contributed by atoms with Crippen molar-refractivity contribution in [2.45, 2.75) is 99.0 Å². The molecule has 15 atom stereocenters. The van der Waals surface area contributed by atoms with Crippen molar-refractivity contribution in [2.75, 3.05) is 19.8 Å². The molecule has 0 bridgehead atoms. The lowest BCUT2D eigenvalue weighted by Gasteiger charge is -2.47. The third-order valence-corrected chi connectivity index (χ3v) is 7.59. The molecule has 3 aliphatic heterocycles. The number of hydrogen-bond acceptors (Lipinski definition) is 16. The van der Waals surface area contributed by atoms with Crippen LogP contribution >= 0.6 is 0 Å². The molecule has 0 unspecified atom stereocenters. The molecule has 3 fully saturated rings. The molecule has 3 saturated heterocycles. The molecule has 244 valence electrons. The number of rotatable bonds is 10. The third kappa shape index (κ3) is 7.70. The average molecular weight is 621 g/mol. The minimum atomic E-state index is -1.83. The van der Waals surface area contributed by atoms with Crippen molar-refractivity contribution >= 4 is 6.08 Å². The van der Waals surface area contributed by atoms with E-state index in [0.29, 0.717) is 0 Å². The van der Waals surface area contributed by atoms with Gasteiger partial charge in [-0.05, 0) is 24.6 Å². The van der Waals surface area contributed by atoms with Gasteiger partial charge in [0.25, 0.3) is 0 Å². The van der Waals surface area contributed by atoms with Gasteiger partial charge >= 0.3 is 0 Å². The van der Waals surface area contributed by atoms with Gasteiger partial charge < -0.3 is 79.5 Å². The summed E-state index contributed by atoms with van der Waals surface area (Å²) in [5.74, 6) is 0.109. The Morgan fingerprint density at radius 1 is 0.651 bits per heavy atom. The van der Waals surface area contributed by atoms with Crippen LogP contribution < -0.4 is 0 Å². The van der Waals surface area contributed by atoms with Crippen LogP contribution in [0.4, 0.5) is 0 Å². The molecule has 43 heavy (non-hydrogen) atoms. The Bertz CT molecular complexity index is 1020. The molecular weight excluding hydrogens is 580 g/mol. The highest BCUT2D eigenvalue weighted by atomic mass is 16.8. The van der Waals surface area contributed by atoms with E-state index in [0.717, 1.165) is 5.56 Å². The smallest absolute Gasteiger partial charge is 0.187 e. The van der Waals surface area contributed by atoms with Crippen LogP contribution in [0.25, 0.3) is 6.08 Å². The van der Waals surface area contributed by atoms with Gasteiger partial charge in [0.15, 0.2) is 18.9 Å². The molecule has 0 radical (unpaired) electrons. The van der Waals surface area contributed by atoms with Crippen molar-refractivity contribution in [3.63, 3.8) is 0 Å². The Balaban J connectivity index is 1.38. The summed E-state index contributed by atoms with van der Waals surface area (Å²) in [6, 6.07) is 6.36. The summed E-state index contributed by atoms with van der Waals surface area (Å²) in [6.07, 6.45) is -19.7. The highest BCUT2D eigenvalue weighted by molar-refractivity contribution is 5.50. The van der Waals surface area contributed by atoms with Crippen LogP contribution in [-0.2, 0) is 28.4 Å². The van der Waals surface area contributed by atoms with Crippen molar-refractivity contribution in [1.82, 2.24) is 0 Å². The van der Waals surface area contributed by atoms with Crippen molar-refractivity contribution in [1.29, 1.82) is 0 Å². The number of benzene rings is 1. The Morgan fingerprint density at radius 3 is 1.86 bits per heavy atom.